The van der Waals surface area contributed by atoms with Gasteiger partial charge in [-0.25, -0.2) is 13.2 Å². The fourth-order valence-electron chi connectivity index (χ4n) is 2.24. The van der Waals surface area contributed by atoms with Gasteiger partial charge >= 0.3 is 5.97 Å². The Morgan fingerprint density at radius 3 is 2.00 bits per heavy atom. The van der Waals surface area contributed by atoms with Crippen LogP contribution in [-0.2, 0) is 19.6 Å². The molecule has 0 spiro atoms. The Morgan fingerprint density at radius 1 is 0.963 bits per heavy atom. The number of rotatable bonds is 7. The average molecular weight is 391 g/mol. The van der Waals surface area contributed by atoms with Crippen LogP contribution >= 0.6 is 0 Å². The summed E-state index contributed by atoms with van der Waals surface area (Å²) >= 11 is 0. The first-order valence-electron chi connectivity index (χ1n) is 8.11. The zero-order valence-corrected chi connectivity index (χ0v) is 16.3. The van der Waals surface area contributed by atoms with E-state index >= 15 is 0 Å². The van der Waals surface area contributed by atoms with Crippen LogP contribution < -0.4 is 0 Å². The molecular weight excluding hydrogens is 370 g/mol. The number of benzene rings is 2. The van der Waals surface area contributed by atoms with Gasteiger partial charge in [0.1, 0.15) is 0 Å². The third kappa shape index (κ3) is 4.79. The molecule has 0 amide bonds. The minimum Gasteiger partial charge on any atom is -0.451 e. The van der Waals surface area contributed by atoms with Crippen molar-refractivity contribution in [3.05, 3.63) is 65.2 Å². The summed E-state index contributed by atoms with van der Waals surface area (Å²) in [5.74, 6) is -1.03. The van der Waals surface area contributed by atoms with Gasteiger partial charge in [-0.2, -0.15) is 0 Å². The molecule has 0 saturated carbocycles. The zero-order chi connectivity index (χ0) is 20.2. The van der Waals surface area contributed by atoms with Crippen LogP contribution in [0.3, 0.4) is 0 Å². The van der Waals surface area contributed by atoms with Crippen LogP contribution in [0.4, 0.5) is 0 Å². The minimum absolute atomic E-state index is 0.0350. The number of ether oxygens (including phenoxy) is 1. The highest BCUT2D eigenvalue weighted by molar-refractivity contribution is 7.89. The maximum Gasteiger partial charge on any atom is 0.338 e. The Labute approximate surface area is 158 Å². The van der Waals surface area contributed by atoms with E-state index in [4.69, 9.17) is 9.57 Å². The summed E-state index contributed by atoms with van der Waals surface area (Å²) in [6, 6.07) is 12.1. The average Bonchev–Trinajstić information content (AvgIpc) is 2.67. The number of ketones is 1. The number of aryl methyl sites for hydroxylation is 1. The molecule has 0 aliphatic carbocycles. The van der Waals surface area contributed by atoms with Crippen molar-refractivity contribution in [2.75, 3.05) is 14.2 Å². The molecule has 0 radical (unpaired) electrons. The highest BCUT2D eigenvalue weighted by Crippen LogP contribution is 2.16. The molecule has 0 unspecified atom stereocenters. The summed E-state index contributed by atoms with van der Waals surface area (Å²) in [6.45, 7) is 3.40. The third-order valence-electron chi connectivity index (χ3n) is 3.97. The second-order valence-corrected chi connectivity index (χ2v) is 7.84. The first-order chi connectivity index (χ1) is 12.7. The standard InChI is InChI=1S/C19H21NO6S/c1-13-5-7-15(8-6-13)18(21)14(2)26-19(22)16-9-11-17(12-10-16)27(23,24)20(3)25-4/h5-12,14H,1-4H3/t14-/m0/s1. The van der Waals surface area contributed by atoms with E-state index in [1.54, 1.807) is 24.3 Å². The van der Waals surface area contributed by atoms with E-state index in [1.165, 1.54) is 45.3 Å². The van der Waals surface area contributed by atoms with Crippen molar-refractivity contribution in [2.45, 2.75) is 24.8 Å². The summed E-state index contributed by atoms with van der Waals surface area (Å²) in [7, 11) is -1.31. The quantitative estimate of drug-likeness (QED) is 0.409. The Morgan fingerprint density at radius 2 is 1.48 bits per heavy atom. The lowest BCUT2D eigenvalue weighted by Gasteiger charge is -2.15. The maximum atomic E-state index is 12.3. The normalized spacial score (nSPS) is 12.6. The van der Waals surface area contributed by atoms with Gasteiger partial charge in [-0.05, 0) is 38.1 Å². The number of nitrogens with zero attached hydrogens (tertiary/aromatic N) is 1. The second kappa shape index (κ2) is 8.43. The summed E-state index contributed by atoms with van der Waals surface area (Å²) in [4.78, 5) is 29.2. The van der Waals surface area contributed by atoms with Crippen LogP contribution in [0.25, 0.3) is 0 Å². The van der Waals surface area contributed by atoms with Crippen LogP contribution in [0.5, 0.6) is 0 Å². The molecule has 0 aliphatic heterocycles. The molecule has 2 aromatic carbocycles. The van der Waals surface area contributed by atoms with E-state index < -0.39 is 22.1 Å². The zero-order valence-electron chi connectivity index (χ0n) is 15.5. The van der Waals surface area contributed by atoms with Gasteiger partial charge in [0.15, 0.2) is 6.10 Å². The first kappa shape index (κ1) is 20.8. The summed E-state index contributed by atoms with van der Waals surface area (Å²) in [6.07, 6.45) is -0.969. The molecule has 144 valence electrons. The number of carbonyl (C=O) groups excluding carboxylic acids is 2. The van der Waals surface area contributed by atoms with Gasteiger partial charge in [-0.3, -0.25) is 9.63 Å². The number of esters is 1. The molecular formula is C19H21NO6S. The topological polar surface area (TPSA) is 90.0 Å². The molecule has 1 atom stereocenters. The molecule has 8 heteroatoms. The first-order valence-corrected chi connectivity index (χ1v) is 9.55. The summed E-state index contributed by atoms with van der Waals surface area (Å²) < 4.78 is 30.2. The fourth-order valence-corrected chi connectivity index (χ4v) is 3.22. The van der Waals surface area contributed by atoms with Gasteiger partial charge < -0.3 is 4.74 Å². The molecule has 7 nitrogen and oxygen atoms in total. The molecule has 2 aromatic rings. The number of hydrogen-bond donors (Lipinski definition) is 0. The highest BCUT2D eigenvalue weighted by atomic mass is 32.2. The van der Waals surface area contributed by atoms with Crippen molar-refractivity contribution >= 4 is 21.8 Å². The van der Waals surface area contributed by atoms with E-state index in [9.17, 15) is 18.0 Å². The second-order valence-electron chi connectivity index (χ2n) is 5.90. The number of hydrogen-bond acceptors (Lipinski definition) is 6. The van der Waals surface area contributed by atoms with E-state index in [1.807, 2.05) is 6.92 Å². The van der Waals surface area contributed by atoms with Crippen LogP contribution in [0, 0.1) is 6.92 Å². The van der Waals surface area contributed by atoms with Crippen molar-refractivity contribution in [1.82, 2.24) is 4.47 Å². The van der Waals surface area contributed by atoms with E-state index in [-0.39, 0.29) is 16.2 Å². The smallest absolute Gasteiger partial charge is 0.338 e. The van der Waals surface area contributed by atoms with Gasteiger partial charge in [0.2, 0.25) is 5.78 Å². The van der Waals surface area contributed by atoms with Crippen molar-refractivity contribution < 1.29 is 27.6 Å². The van der Waals surface area contributed by atoms with Gasteiger partial charge in [-0.1, -0.05) is 34.3 Å². The fraction of sp³-hybridized carbons (Fsp3) is 0.263. The lowest BCUT2D eigenvalue weighted by Crippen LogP contribution is -2.26. The van der Waals surface area contributed by atoms with Crippen LogP contribution in [0.2, 0.25) is 0 Å². The lowest BCUT2D eigenvalue weighted by molar-refractivity contribution is -0.0258. The largest absolute Gasteiger partial charge is 0.451 e. The molecule has 0 saturated heterocycles. The van der Waals surface area contributed by atoms with E-state index in [2.05, 4.69) is 0 Å². The van der Waals surface area contributed by atoms with Gasteiger partial charge in [0.05, 0.1) is 17.6 Å². The Kier molecular flexibility index (Phi) is 6.48. The summed E-state index contributed by atoms with van der Waals surface area (Å²) in [5, 5.41) is 0. The molecule has 0 aliphatic rings. The van der Waals surface area contributed by atoms with Crippen LogP contribution in [-0.4, -0.2) is 44.9 Å². The number of hydroxylamine groups is 1. The van der Waals surface area contributed by atoms with Crippen LogP contribution in [0.1, 0.15) is 33.2 Å². The number of sulfonamides is 1. The van der Waals surface area contributed by atoms with Gasteiger partial charge in [0.25, 0.3) is 10.0 Å². The number of carbonyl (C=O) groups is 2. The lowest BCUT2D eigenvalue weighted by atomic mass is 10.1. The molecule has 0 fully saturated rings. The Hall–Kier alpha value is -2.55. The number of Topliss-reactive ketones (excluding diaryl/α,β-unsaturated/α-hetero) is 1. The third-order valence-corrected chi connectivity index (χ3v) is 5.67. The molecule has 0 heterocycles. The molecule has 0 N–H and O–H groups in total. The maximum absolute atomic E-state index is 12.3. The van der Waals surface area contributed by atoms with Gasteiger partial charge in [0, 0.05) is 12.6 Å². The minimum atomic E-state index is -3.80. The van der Waals surface area contributed by atoms with Crippen molar-refractivity contribution in [2.24, 2.45) is 0 Å². The Balaban J connectivity index is 2.09. The van der Waals surface area contributed by atoms with Gasteiger partial charge in [-0.15, -0.1) is 0 Å². The van der Waals surface area contributed by atoms with E-state index in [0.29, 0.717) is 10.0 Å². The van der Waals surface area contributed by atoms with Crippen molar-refractivity contribution in [1.29, 1.82) is 0 Å². The predicted molar refractivity (Wildman–Crippen MR) is 98.8 cm³/mol. The molecule has 0 bridgehead atoms. The molecule has 2 rings (SSSR count). The van der Waals surface area contributed by atoms with E-state index in [0.717, 1.165) is 5.56 Å². The molecule has 0 aromatic heterocycles. The Bertz CT molecular complexity index is 920. The monoisotopic (exact) mass is 391 g/mol. The summed E-state index contributed by atoms with van der Waals surface area (Å²) in [5.41, 5.74) is 1.60. The highest BCUT2D eigenvalue weighted by Gasteiger charge is 2.23. The van der Waals surface area contributed by atoms with Crippen molar-refractivity contribution in [3.8, 4) is 0 Å². The molecule has 27 heavy (non-hydrogen) atoms. The van der Waals surface area contributed by atoms with Crippen LogP contribution in [0.15, 0.2) is 53.4 Å². The predicted octanol–water partition coefficient (Wildman–Crippen LogP) is 2.61. The van der Waals surface area contributed by atoms with Crippen molar-refractivity contribution in [3.63, 3.8) is 0 Å². The SMILES string of the molecule is CON(C)S(=O)(=O)c1ccc(C(=O)O[C@@H](C)C(=O)c2ccc(C)cc2)cc1.